The largest absolute Gasteiger partial charge is 0.350 e. The van der Waals surface area contributed by atoms with Gasteiger partial charge in [0, 0.05) is 27.8 Å². The fraction of sp³-hybridized carbons (Fsp3) is 0. The van der Waals surface area contributed by atoms with Crippen LogP contribution < -0.4 is 10.0 Å². The predicted octanol–water partition coefficient (Wildman–Crippen LogP) is 5.76. The summed E-state index contributed by atoms with van der Waals surface area (Å²) in [6, 6.07) is 31.3. The number of carbonyl (C=O) groups excluding carboxylic acids is 1. The van der Waals surface area contributed by atoms with Crippen molar-refractivity contribution in [2.75, 3.05) is 10.0 Å². The van der Waals surface area contributed by atoms with Crippen LogP contribution in [0.4, 0.5) is 11.4 Å². The van der Waals surface area contributed by atoms with Gasteiger partial charge in [-0.25, -0.2) is 8.42 Å². The number of sulfonamides is 1. The summed E-state index contributed by atoms with van der Waals surface area (Å²) in [7, 11) is -3.83. The predicted molar refractivity (Wildman–Crippen MR) is 140 cm³/mol. The topological polar surface area (TPSA) is 115 Å². The molecule has 0 fully saturated rings. The summed E-state index contributed by atoms with van der Waals surface area (Å²) >= 11 is 0. The number of rotatable bonds is 6. The van der Waals surface area contributed by atoms with Crippen LogP contribution in [0.5, 0.6) is 0 Å². The standard InChI is InChI=1S/C28H20N4O3S/c29-18-19-10-16-23(17-11-19)36(34,35)32-22-14-12-20(13-15-22)26-24-8-4-5-9-25(24)31-27(26)28(33)30-21-6-2-1-3-7-21/h1-17,31-32H,(H,30,33). The number of H-pyrrole nitrogens is 1. The van der Waals surface area contributed by atoms with Gasteiger partial charge < -0.3 is 10.3 Å². The maximum Gasteiger partial charge on any atom is 0.272 e. The highest BCUT2D eigenvalue weighted by molar-refractivity contribution is 7.92. The lowest BCUT2D eigenvalue weighted by Gasteiger charge is -2.10. The molecular formula is C28H20N4O3S. The van der Waals surface area contributed by atoms with Crippen LogP contribution in [-0.2, 0) is 10.0 Å². The Balaban J connectivity index is 1.46. The second-order valence-electron chi connectivity index (χ2n) is 8.06. The van der Waals surface area contributed by atoms with Crippen LogP contribution in [0, 0.1) is 11.3 Å². The Morgan fingerprint density at radius 2 is 1.44 bits per heavy atom. The average molecular weight is 493 g/mol. The summed E-state index contributed by atoms with van der Waals surface area (Å²) in [4.78, 5) is 16.5. The molecule has 5 rings (SSSR count). The first-order chi connectivity index (χ1) is 17.4. The molecule has 1 aromatic heterocycles. The van der Waals surface area contributed by atoms with Gasteiger partial charge in [-0.1, -0.05) is 48.5 Å². The molecular weight excluding hydrogens is 472 g/mol. The molecule has 1 heterocycles. The maximum absolute atomic E-state index is 13.2. The quantitative estimate of drug-likeness (QED) is 0.279. The molecule has 0 aliphatic heterocycles. The summed E-state index contributed by atoms with van der Waals surface area (Å²) in [6.45, 7) is 0. The first-order valence-corrected chi connectivity index (χ1v) is 12.5. The number of aromatic nitrogens is 1. The van der Waals surface area contributed by atoms with Gasteiger partial charge in [-0.05, 0) is 60.2 Å². The van der Waals surface area contributed by atoms with Crippen molar-refractivity contribution in [1.82, 2.24) is 4.98 Å². The second-order valence-corrected chi connectivity index (χ2v) is 9.74. The average Bonchev–Trinajstić information content (AvgIpc) is 3.29. The zero-order chi connectivity index (χ0) is 25.1. The summed E-state index contributed by atoms with van der Waals surface area (Å²) in [6.07, 6.45) is 0. The minimum absolute atomic E-state index is 0.0575. The second kappa shape index (κ2) is 9.41. The smallest absolute Gasteiger partial charge is 0.272 e. The highest BCUT2D eigenvalue weighted by atomic mass is 32.2. The van der Waals surface area contributed by atoms with Crippen molar-refractivity contribution < 1.29 is 13.2 Å². The SMILES string of the molecule is N#Cc1ccc(S(=O)(=O)Nc2ccc(-c3c(C(=O)Nc4ccccc4)[nH]c4ccccc34)cc2)cc1. The number of nitrogens with one attached hydrogen (secondary N) is 3. The minimum atomic E-state index is -3.83. The molecule has 8 heteroatoms. The molecule has 3 N–H and O–H groups in total. The summed E-state index contributed by atoms with van der Waals surface area (Å²) in [5.41, 5.74) is 4.14. The third kappa shape index (κ3) is 4.56. The molecule has 0 spiro atoms. The number of nitriles is 1. The molecule has 0 saturated heterocycles. The molecule has 176 valence electrons. The number of anilines is 2. The van der Waals surface area contributed by atoms with Crippen molar-refractivity contribution in [3.63, 3.8) is 0 Å². The van der Waals surface area contributed by atoms with Gasteiger partial charge in [-0.15, -0.1) is 0 Å². The molecule has 4 aromatic carbocycles. The van der Waals surface area contributed by atoms with Gasteiger partial charge >= 0.3 is 0 Å². The van der Waals surface area contributed by atoms with E-state index in [-0.39, 0.29) is 10.8 Å². The van der Waals surface area contributed by atoms with E-state index in [1.54, 1.807) is 24.3 Å². The van der Waals surface area contributed by atoms with Crippen LogP contribution in [0.1, 0.15) is 16.1 Å². The molecule has 0 aliphatic rings. The van der Waals surface area contributed by atoms with E-state index in [2.05, 4.69) is 15.0 Å². The van der Waals surface area contributed by atoms with Crippen molar-refractivity contribution in [2.24, 2.45) is 0 Å². The Labute approximate surface area is 208 Å². The molecule has 5 aromatic rings. The summed E-state index contributed by atoms with van der Waals surface area (Å²) < 4.78 is 28.1. The van der Waals surface area contributed by atoms with Gasteiger partial charge in [0.25, 0.3) is 15.9 Å². The van der Waals surface area contributed by atoms with Gasteiger partial charge in [0.05, 0.1) is 16.5 Å². The van der Waals surface area contributed by atoms with Crippen LogP contribution in [0.3, 0.4) is 0 Å². The van der Waals surface area contributed by atoms with Crippen molar-refractivity contribution in [1.29, 1.82) is 5.26 Å². The fourth-order valence-electron chi connectivity index (χ4n) is 3.95. The molecule has 1 amide bonds. The van der Waals surface area contributed by atoms with Crippen LogP contribution in [-0.4, -0.2) is 19.3 Å². The van der Waals surface area contributed by atoms with Crippen LogP contribution in [0.15, 0.2) is 108 Å². The van der Waals surface area contributed by atoms with Gasteiger partial charge in [-0.3, -0.25) is 9.52 Å². The first kappa shape index (κ1) is 22.9. The number of hydrogen-bond acceptors (Lipinski definition) is 4. The monoisotopic (exact) mass is 492 g/mol. The summed E-state index contributed by atoms with van der Waals surface area (Å²) in [5.74, 6) is -0.280. The van der Waals surface area contributed by atoms with Crippen molar-refractivity contribution in [3.05, 3.63) is 114 Å². The lowest BCUT2D eigenvalue weighted by molar-refractivity contribution is 0.102. The molecule has 0 bridgehead atoms. The Kier molecular flexibility index (Phi) is 5.98. The number of aromatic amines is 1. The van der Waals surface area contributed by atoms with Crippen molar-refractivity contribution >= 4 is 38.2 Å². The molecule has 0 radical (unpaired) electrons. The van der Waals surface area contributed by atoms with Gasteiger partial charge in [0.2, 0.25) is 0 Å². The Morgan fingerprint density at radius 1 is 0.778 bits per heavy atom. The lowest BCUT2D eigenvalue weighted by atomic mass is 10.0. The van der Waals surface area contributed by atoms with E-state index in [0.717, 1.165) is 22.0 Å². The summed E-state index contributed by atoms with van der Waals surface area (Å²) in [5, 5.41) is 12.7. The lowest BCUT2D eigenvalue weighted by Crippen LogP contribution is -2.13. The Morgan fingerprint density at radius 3 is 2.14 bits per heavy atom. The number of fused-ring (bicyclic) bond motifs is 1. The van der Waals surface area contributed by atoms with Gasteiger partial charge in [-0.2, -0.15) is 5.26 Å². The van der Waals surface area contributed by atoms with Gasteiger partial charge in [0.1, 0.15) is 5.69 Å². The van der Waals surface area contributed by atoms with E-state index in [1.807, 2.05) is 60.7 Å². The van der Waals surface area contributed by atoms with E-state index in [4.69, 9.17) is 5.26 Å². The Hall–Kier alpha value is -4.87. The molecule has 7 nitrogen and oxygen atoms in total. The van der Waals surface area contributed by atoms with E-state index in [1.165, 1.54) is 24.3 Å². The minimum Gasteiger partial charge on any atom is -0.350 e. The molecule has 0 saturated carbocycles. The normalized spacial score (nSPS) is 11.1. The van der Waals surface area contributed by atoms with Gasteiger partial charge in [0.15, 0.2) is 0 Å². The fourth-order valence-corrected chi connectivity index (χ4v) is 5.01. The highest BCUT2D eigenvalue weighted by Crippen LogP contribution is 2.34. The third-order valence-electron chi connectivity index (χ3n) is 5.68. The zero-order valence-electron chi connectivity index (χ0n) is 18.9. The van der Waals surface area contributed by atoms with Crippen molar-refractivity contribution in [2.45, 2.75) is 4.90 Å². The Bertz CT molecular complexity index is 1700. The first-order valence-electron chi connectivity index (χ1n) is 11.1. The van der Waals surface area contributed by atoms with Crippen LogP contribution in [0.25, 0.3) is 22.0 Å². The molecule has 0 unspecified atom stereocenters. The van der Waals surface area contributed by atoms with Crippen LogP contribution >= 0.6 is 0 Å². The molecule has 0 aliphatic carbocycles. The van der Waals surface area contributed by atoms with E-state index in [0.29, 0.717) is 22.6 Å². The third-order valence-corrected chi connectivity index (χ3v) is 7.08. The van der Waals surface area contributed by atoms with E-state index >= 15 is 0 Å². The molecule has 0 atom stereocenters. The number of para-hydroxylation sites is 2. The highest BCUT2D eigenvalue weighted by Gasteiger charge is 2.20. The molecule has 36 heavy (non-hydrogen) atoms. The van der Waals surface area contributed by atoms with Crippen molar-refractivity contribution in [3.8, 4) is 17.2 Å². The zero-order valence-corrected chi connectivity index (χ0v) is 19.7. The number of carbonyl (C=O) groups is 1. The van der Waals surface area contributed by atoms with Crippen LogP contribution in [0.2, 0.25) is 0 Å². The van der Waals surface area contributed by atoms with E-state index < -0.39 is 10.0 Å². The maximum atomic E-state index is 13.2. The number of benzene rings is 4. The number of amides is 1. The van der Waals surface area contributed by atoms with E-state index in [9.17, 15) is 13.2 Å². The number of nitrogens with zero attached hydrogens (tertiary/aromatic N) is 1. The number of hydrogen-bond donors (Lipinski definition) is 3.